The smallest absolute Gasteiger partial charge is 0.430 e. The second-order valence-corrected chi connectivity index (χ2v) is 3.24. The van der Waals surface area contributed by atoms with Gasteiger partial charge in [-0.1, -0.05) is 13.8 Å². The standard InChI is InChI=1S/C8H14N2.C2HF3O2/c1-3-6-10-7-5-9-8(10)4-2;3-2(4,5)1(6)7/h5,7H,3-4,6H2,1-2H3;(H,6,7). The number of H-pyrrole nitrogens is 1. The second kappa shape index (κ2) is 6.93. The van der Waals surface area contributed by atoms with Crippen LogP contribution in [0, 0.1) is 0 Å². The van der Waals surface area contributed by atoms with Gasteiger partial charge in [0.25, 0.3) is 5.82 Å². The molecule has 17 heavy (non-hydrogen) atoms. The van der Waals surface area contributed by atoms with Gasteiger partial charge in [0.1, 0.15) is 18.4 Å². The molecule has 0 saturated heterocycles. The van der Waals surface area contributed by atoms with Crippen molar-refractivity contribution in [3.8, 4) is 0 Å². The van der Waals surface area contributed by atoms with Crippen LogP contribution in [0.5, 0.6) is 0 Å². The maximum atomic E-state index is 10.5. The summed E-state index contributed by atoms with van der Waals surface area (Å²) in [4.78, 5) is 12.0. The highest BCUT2D eigenvalue weighted by atomic mass is 19.4. The first-order valence-electron chi connectivity index (χ1n) is 5.16. The molecule has 0 aliphatic rings. The normalized spacial score (nSPS) is 10.6. The van der Waals surface area contributed by atoms with Crippen molar-refractivity contribution in [1.29, 1.82) is 0 Å². The van der Waals surface area contributed by atoms with Gasteiger partial charge in [-0.3, -0.25) is 0 Å². The third kappa shape index (κ3) is 5.94. The maximum Gasteiger partial charge on any atom is 0.430 e. The largest absolute Gasteiger partial charge is 0.542 e. The molecule has 0 radical (unpaired) electrons. The van der Waals surface area contributed by atoms with Crippen LogP contribution in [-0.4, -0.2) is 17.1 Å². The Morgan fingerprint density at radius 3 is 2.35 bits per heavy atom. The number of aryl methyl sites for hydroxylation is 2. The number of hydrogen-bond acceptors (Lipinski definition) is 2. The van der Waals surface area contributed by atoms with E-state index in [0.29, 0.717) is 0 Å². The summed E-state index contributed by atoms with van der Waals surface area (Å²) in [6.45, 7) is 5.49. The van der Waals surface area contributed by atoms with Crippen LogP contribution >= 0.6 is 0 Å². The molecule has 1 aromatic heterocycles. The third-order valence-corrected chi connectivity index (χ3v) is 1.88. The third-order valence-electron chi connectivity index (χ3n) is 1.88. The Morgan fingerprint density at radius 1 is 1.47 bits per heavy atom. The Kier molecular flexibility index (Phi) is 6.30. The quantitative estimate of drug-likeness (QED) is 0.800. The molecular formula is C10H15F3N2O2. The number of carboxylic acids is 1. The number of carboxylic acid groups (broad SMARTS) is 1. The van der Waals surface area contributed by atoms with E-state index in [1.54, 1.807) is 0 Å². The van der Waals surface area contributed by atoms with Crippen LogP contribution < -0.4 is 9.67 Å². The summed E-state index contributed by atoms with van der Waals surface area (Å²) >= 11 is 0. The minimum Gasteiger partial charge on any atom is -0.542 e. The molecule has 4 nitrogen and oxygen atoms in total. The molecule has 1 aromatic rings. The molecule has 0 spiro atoms. The number of aliphatic carboxylic acids is 1. The number of halogens is 3. The van der Waals surface area contributed by atoms with E-state index in [2.05, 4.69) is 29.6 Å². The van der Waals surface area contributed by atoms with E-state index < -0.39 is 12.1 Å². The maximum absolute atomic E-state index is 10.5. The first-order chi connectivity index (χ1) is 7.82. The number of carbonyl (C=O) groups excluding carboxylic acids is 1. The van der Waals surface area contributed by atoms with Crippen LogP contribution in [-0.2, 0) is 17.8 Å². The van der Waals surface area contributed by atoms with Gasteiger partial charge >= 0.3 is 6.18 Å². The van der Waals surface area contributed by atoms with Crippen molar-refractivity contribution in [2.45, 2.75) is 39.4 Å². The van der Waals surface area contributed by atoms with Gasteiger partial charge in [-0.2, -0.15) is 13.2 Å². The lowest BCUT2D eigenvalue weighted by atomic mass is 10.4. The van der Waals surface area contributed by atoms with Crippen LogP contribution in [0.1, 0.15) is 26.1 Å². The Hall–Kier alpha value is -1.53. The lowest BCUT2D eigenvalue weighted by Crippen LogP contribution is -2.37. The van der Waals surface area contributed by atoms with Crippen LogP contribution in [0.2, 0.25) is 0 Å². The number of rotatable bonds is 3. The number of aromatic nitrogens is 2. The number of imidazole rings is 1. The zero-order valence-electron chi connectivity index (χ0n) is 9.67. The molecule has 0 bridgehead atoms. The summed E-state index contributed by atoms with van der Waals surface area (Å²) in [6, 6.07) is 0. The molecule has 1 rings (SSSR count). The van der Waals surface area contributed by atoms with Crippen LogP contribution in [0.3, 0.4) is 0 Å². The Balaban J connectivity index is 0.000000325. The van der Waals surface area contributed by atoms with Crippen molar-refractivity contribution in [2.24, 2.45) is 0 Å². The van der Waals surface area contributed by atoms with Crippen LogP contribution in [0.25, 0.3) is 0 Å². The first-order valence-corrected chi connectivity index (χ1v) is 5.16. The Bertz CT molecular complexity index is 348. The SMILES string of the molecule is CCC[n+]1cc[nH]c1CC.O=C([O-])C(F)(F)F. The predicted molar refractivity (Wildman–Crippen MR) is 51.7 cm³/mol. The van der Waals surface area contributed by atoms with Crippen LogP contribution in [0.4, 0.5) is 13.2 Å². The summed E-state index contributed by atoms with van der Waals surface area (Å²) in [7, 11) is 0. The van der Waals surface area contributed by atoms with Gasteiger partial charge in [0.05, 0.1) is 6.54 Å². The molecule has 0 amide bonds. The van der Waals surface area contributed by atoms with Gasteiger partial charge in [-0.05, 0) is 6.42 Å². The minimum absolute atomic E-state index is 1.09. The van der Waals surface area contributed by atoms with Crippen molar-refractivity contribution < 1.29 is 27.6 Å². The van der Waals surface area contributed by atoms with E-state index in [1.165, 1.54) is 12.2 Å². The number of aromatic amines is 1. The van der Waals surface area contributed by atoms with Crippen molar-refractivity contribution >= 4 is 5.97 Å². The topological polar surface area (TPSA) is 59.8 Å². The Morgan fingerprint density at radius 2 is 2.00 bits per heavy atom. The fourth-order valence-electron chi connectivity index (χ4n) is 1.15. The molecule has 0 aliphatic carbocycles. The number of alkyl halides is 3. The average molecular weight is 252 g/mol. The molecule has 0 aliphatic heterocycles. The van der Waals surface area contributed by atoms with E-state index in [9.17, 15) is 13.2 Å². The van der Waals surface area contributed by atoms with E-state index >= 15 is 0 Å². The summed E-state index contributed by atoms with van der Waals surface area (Å²) in [5, 5.41) is 8.78. The van der Waals surface area contributed by atoms with Crippen LogP contribution in [0.15, 0.2) is 12.4 Å². The van der Waals surface area contributed by atoms with Gasteiger partial charge in [0, 0.05) is 6.42 Å². The number of hydrogen-bond donors (Lipinski definition) is 1. The molecule has 1 N–H and O–H groups in total. The summed E-state index contributed by atoms with van der Waals surface area (Å²) in [5.41, 5.74) is 0. The van der Waals surface area contributed by atoms with Gasteiger partial charge in [0.15, 0.2) is 0 Å². The van der Waals surface area contributed by atoms with Crippen molar-refractivity contribution in [3.05, 3.63) is 18.2 Å². The lowest BCUT2D eigenvalue weighted by Gasteiger charge is -2.03. The lowest BCUT2D eigenvalue weighted by molar-refractivity contribution is -0.702. The van der Waals surface area contributed by atoms with E-state index in [0.717, 1.165) is 13.0 Å². The highest BCUT2D eigenvalue weighted by Gasteiger charge is 2.28. The number of nitrogens with one attached hydrogen (secondary N) is 1. The molecule has 1 heterocycles. The molecule has 0 fully saturated rings. The van der Waals surface area contributed by atoms with E-state index in [4.69, 9.17) is 9.90 Å². The number of carbonyl (C=O) groups is 1. The zero-order chi connectivity index (χ0) is 13.5. The molecule has 0 unspecified atom stereocenters. The molecule has 7 heteroatoms. The molecule has 0 atom stereocenters. The number of nitrogens with zero attached hydrogens (tertiary/aromatic N) is 1. The van der Waals surface area contributed by atoms with Crippen molar-refractivity contribution in [3.63, 3.8) is 0 Å². The fourth-order valence-corrected chi connectivity index (χ4v) is 1.15. The van der Waals surface area contributed by atoms with Crippen molar-refractivity contribution in [1.82, 2.24) is 4.98 Å². The molecule has 98 valence electrons. The minimum atomic E-state index is -5.19. The summed E-state index contributed by atoms with van der Waals surface area (Å²) < 4.78 is 33.8. The summed E-state index contributed by atoms with van der Waals surface area (Å²) in [6.07, 6.45) is 1.19. The first kappa shape index (κ1) is 15.5. The van der Waals surface area contributed by atoms with Gasteiger partial charge in [-0.15, -0.1) is 0 Å². The highest BCUT2D eigenvalue weighted by molar-refractivity contribution is 5.70. The predicted octanol–water partition coefficient (Wildman–Crippen LogP) is 0.573. The van der Waals surface area contributed by atoms with E-state index in [1.807, 2.05) is 6.20 Å². The van der Waals surface area contributed by atoms with Gasteiger partial charge in [0.2, 0.25) is 0 Å². The second-order valence-electron chi connectivity index (χ2n) is 3.24. The van der Waals surface area contributed by atoms with E-state index in [-0.39, 0.29) is 0 Å². The zero-order valence-corrected chi connectivity index (χ0v) is 9.67. The summed E-state index contributed by atoms with van der Waals surface area (Å²) in [5.74, 6) is -1.69. The fraction of sp³-hybridized carbons (Fsp3) is 0.600. The Labute approximate surface area is 97.1 Å². The molecule has 0 saturated carbocycles. The van der Waals surface area contributed by atoms with Gasteiger partial charge < -0.3 is 9.90 Å². The molecular weight excluding hydrogens is 237 g/mol. The average Bonchev–Trinajstić information content (AvgIpc) is 2.65. The molecule has 0 aromatic carbocycles. The van der Waals surface area contributed by atoms with Crippen molar-refractivity contribution in [2.75, 3.05) is 0 Å². The highest BCUT2D eigenvalue weighted by Crippen LogP contribution is 2.11. The monoisotopic (exact) mass is 252 g/mol. The van der Waals surface area contributed by atoms with Gasteiger partial charge in [-0.25, -0.2) is 9.55 Å².